The van der Waals surface area contributed by atoms with Gasteiger partial charge >= 0.3 is 23.9 Å². The van der Waals surface area contributed by atoms with Crippen molar-refractivity contribution in [3.8, 4) is 6.07 Å². The number of aliphatic carboxylic acids is 2. The maximum absolute atomic E-state index is 12.6. The molecule has 0 aliphatic rings. The molecule has 0 aliphatic heterocycles. The van der Waals surface area contributed by atoms with Crippen LogP contribution in [0.15, 0.2) is 52.7 Å². The van der Waals surface area contributed by atoms with Gasteiger partial charge < -0.3 is 38.8 Å². The van der Waals surface area contributed by atoms with Gasteiger partial charge in [-0.2, -0.15) is 5.26 Å². The summed E-state index contributed by atoms with van der Waals surface area (Å²) < 4.78 is 28.0. The summed E-state index contributed by atoms with van der Waals surface area (Å²) in [6.07, 6.45) is 32.1. The molecule has 2 unspecified atom stereocenters. The molecule has 2 rings (SSSR count). The zero-order valence-electron chi connectivity index (χ0n) is 47.0. The van der Waals surface area contributed by atoms with E-state index in [4.69, 9.17) is 30.3 Å². The van der Waals surface area contributed by atoms with Crippen LogP contribution in [0.5, 0.6) is 0 Å². The van der Waals surface area contributed by atoms with Crippen molar-refractivity contribution in [2.75, 3.05) is 70.8 Å². The molecule has 0 fully saturated rings. The highest BCUT2D eigenvalue weighted by atomic mass is 32.1. The van der Waals surface area contributed by atoms with Crippen LogP contribution in [0.25, 0.3) is 4.85 Å². The lowest BCUT2D eigenvalue weighted by molar-refractivity contribution is -0.152. The Kier molecular flexibility index (Phi) is 39.1. The van der Waals surface area contributed by atoms with Crippen molar-refractivity contribution >= 4 is 56.6 Å². The molecule has 2 aromatic rings. The number of ether oxygens (including phenoxy) is 5. The summed E-state index contributed by atoms with van der Waals surface area (Å²) in [7, 11) is 0. The zero-order valence-corrected chi connectivity index (χ0v) is 47.8. The number of carbonyl (C=O) groups is 4. The van der Waals surface area contributed by atoms with E-state index in [9.17, 15) is 34.7 Å². The number of aryl methyl sites for hydroxylation is 1. The van der Waals surface area contributed by atoms with E-state index in [1.807, 2.05) is 49.4 Å². The van der Waals surface area contributed by atoms with Crippen LogP contribution in [0.1, 0.15) is 185 Å². The number of hydrogen-bond acceptors (Lipinski definition) is 14. The third-order valence-electron chi connectivity index (χ3n) is 13.1. The monoisotopic (exact) mass is 1090 g/mol. The number of anilines is 1. The van der Waals surface area contributed by atoms with Crippen molar-refractivity contribution in [1.82, 2.24) is 0 Å². The van der Waals surface area contributed by atoms with Crippen molar-refractivity contribution in [1.29, 1.82) is 5.26 Å². The summed E-state index contributed by atoms with van der Waals surface area (Å²) in [5.41, 5.74) is 3.19. The number of unbranched alkanes of at least 4 members (excludes halogenated alkanes) is 18. The van der Waals surface area contributed by atoms with Crippen LogP contribution >= 0.6 is 11.3 Å². The maximum atomic E-state index is 12.6. The summed E-state index contributed by atoms with van der Waals surface area (Å²) in [6, 6.07) is 7.79. The predicted molar refractivity (Wildman–Crippen MR) is 305 cm³/mol. The fraction of sp³-hybridized carbons (Fsp3) is 0.667. The average Bonchev–Trinajstić information content (AvgIpc) is 3.73. The lowest BCUT2D eigenvalue weighted by Gasteiger charge is -2.25. The topological polar surface area (TPSA) is 211 Å². The van der Waals surface area contributed by atoms with Crippen LogP contribution in [0.2, 0.25) is 0 Å². The third-order valence-corrected chi connectivity index (χ3v) is 14.2. The largest absolute Gasteiger partial charge is 0.481 e. The molecule has 16 nitrogen and oxygen atoms in total. The van der Waals surface area contributed by atoms with E-state index in [1.165, 1.54) is 96.3 Å². The second-order valence-electron chi connectivity index (χ2n) is 19.5. The van der Waals surface area contributed by atoms with E-state index in [-0.39, 0.29) is 71.9 Å². The Morgan fingerprint density at radius 3 is 1.52 bits per heavy atom. The van der Waals surface area contributed by atoms with Crippen LogP contribution in [0, 0.1) is 43.6 Å². The first kappa shape index (κ1) is 67.6. The minimum atomic E-state index is -1.03. The average molecular weight is 1090 g/mol. The van der Waals surface area contributed by atoms with Gasteiger partial charge in [0.05, 0.1) is 82.1 Å². The number of azo groups is 1. The molecule has 77 heavy (non-hydrogen) atoms. The molecule has 0 radical (unpaired) electrons. The number of thiophene rings is 1. The number of carboxylic acids is 2. The standard InChI is InChI=1S/C60H91N5O11S/c1-6-8-10-12-14-16-18-20-22-24-26-28-30-50(59(68)69)45-55(66)75-42-40-73-37-35-65(52-32-33-54(48(3)44-52)63-64-58-53(47-61)49(4)57(62-5)77-58)34-36-72-38-39-74-41-43-76-56(67)46-51(60(70)71)31-29-27-25-23-21-19-17-15-13-11-9-7-2/h26-29,32-33,44,50-51H,6-25,30-31,34-43,45-46H2,1-4H3,(H,68,69)(H,70,71)/b28-26+,29-27+,64-63?. The predicted octanol–water partition coefficient (Wildman–Crippen LogP) is 15.1. The number of hydrogen-bond donors (Lipinski definition) is 2. The molecule has 17 heteroatoms. The van der Waals surface area contributed by atoms with E-state index >= 15 is 0 Å². The molecule has 2 N–H and O–H groups in total. The molecular weight excluding hydrogens is 999 g/mol. The van der Waals surface area contributed by atoms with Gasteiger partial charge in [-0.3, -0.25) is 19.2 Å². The van der Waals surface area contributed by atoms with Gasteiger partial charge in [0.1, 0.15) is 24.3 Å². The molecular formula is C60H91N5O11S. The molecule has 1 aromatic carbocycles. The number of carboxylic acid groups (broad SMARTS) is 2. The maximum Gasteiger partial charge on any atom is 0.307 e. The van der Waals surface area contributed by atoms with Crippen molar-refractivity contribution in [2.45, 2.75) is 182 Å². The van der Waals surface area contributed by atoms with E-state index in [0.717, 1.165) is 54.7 Å². The van der Waals surface area contributed by atoms with E-state index in [1.54, 1.807) is 6.92 Å². The Balaban J connectivity index is 1.81. The first-order valence-corrected chi connectivity index (χ1v) is 29.2. The van der Waals surface area contributed by atoms with Gasteiger partial charge in [0.25, 0.3) is 0 Å². The number of nitrogens with zero attached hydrogens (tertiary/aromatic N) is 5. The van der Waals surface area contributed by atoms with Gasteiger partial charge in [-0.05, 0) is 81.7 Å². The SMILES string of the molecule is [C-]#[N+]c1sc(N=Nc2ccc(N(CCOCCOCCOC(=O)CC(C/C=C/CCCCCCCCCCC)C(=O)O)CCOCCOC(=O)CC(C/C=C/CCCCCCCCCCC)C(=O)O)cc2C)c(C#N)c1C. The second-order valence-corrected chi connectivity index (χ2v) is 20.5. The van der Waals surface area contributed by atoms with Gasteiger partial charge in [-0.1, -0.05) is 141 Å². The van der Waals surface area contributed by atoms with Gasteiger partial charge in [0.15, 0.2) is 0 Å². The van der Waals surface area contributed by atoms with Crippen molar-refractivity contribution in [3.63, 3.8) is 0 Å². The van der Waals surface area contributed by atoms with E-state index < -0.39 is 35.7 Å². The van der Waals surface area contributed by atoms with E-state index in [2.05, 4.69) is 39.9 Å². The van der Waals surface area contributed by atoms with Crippen LogP contribution in [-0.4, -0.2) is 100 Å². The smallest absolute Gasteiger partial charge is 0.307 e. The quantitative estimate of drug-likeness (QED) is 0.0208. The lowest BCUT2D eigenvalue weighted by atomic mass is 10.0. The highest BCUT2D eigenvalue weighted by Gasteiger charge is 2.22. The molecule has 0 amide bonds. The Morgan fingerprint density at radius 2 is 1.09 bits per heavy atom. The van der Waals surface area contributed by atoms with Gasteiger partial charge in [0.2, 0.25) is 5.00 Å². The molecule has 1 heterocycles. The fourth-order valence-electron chi connectivity index (χ4n) is 8.38. The summed E-state index contributed by atoms with van der Waals surface area (Å²) in [5, 5.41) is 38.5. The number of benzene rings is 1. The summed E-state index contributed by atoms with van der Waals surface area (Å²) in [4.78, 5) is 54.3. The fourth-order valence-corrected chi connectivity index (χ4v) is 9.25. The third kappa shape index (κ3) is 32.1. The Morgan fingerprint density at radius 1 is 0.649 bits per heavy atom. The minimum Gasteiger partial charge on any atom is -0.481 e. The zero-order chi connectivity index (χ0) is 56.1. The van der Waals surface area contributed by atoms with Crippen molar-refractivity contribution in [2.24, 2.45) is 22.1 Å². The summed E-state index contributed by atoms with van der Waals surface area (Å²) >= 11 is 1.12. The molecule has 1 aromatic heterocycles. The lowest BCUT2D eigenvalue weighted by Crippen LogP contribution is -2.31. The van der Waals surface area contributed by atoms with Crippen LogP contribution in [-0.2, 0) is 42.9 Å². The second kappa shape index (κ2) is 44.5. The van der Waals surface area contributed by atoms with Gasteiger partial charge in [-0.15, -0.1) is 21.6 Å². The number of carbonyl (C=O) groups excluding carboxylic acids is 2. The van der Waals surface area contributed by atoms with Crippen molar-refractivity contribution in [3.05, 3.63) is 70.6 Å². The molecule has 0 aliphatic carbocycles. The Hall–Kier alpha value is -5.46. The van der Waals surface area contributed by atoms with Crippen LogP contribution in [0.4, 0.5) is 21.4 Å². The Bertz CT molecular complexity index is 2150. The van der Waals surface area contributed by atoms with E-state index in [0.29, 0.717) is 46.5 Å². The Labute approximate surface area is 464 Å². The molecule has 0 saturated heterocycles. The number of nitriles is 1. The first-order valence-electron chi connectivity index (χ1n) is 28.4. The normalized spacial score (nSPS) is 12.3. The van der Waals surface area contributed by atoms with Crippen LogP contribution in [0.3, 0.4) is 0 Å². The number of allylic oxidation sites excluding steroid dienone is 4. The first-order chi connectivity index (χ1) is 37.4. The molecule has 428 valence electrons. The van der Waals surface area contributed by atoms with Gasteiger partial charge in [0, 0.05) is 18.8 Å². The van der Waals surface area contributed by atoms with Crippen molar-refractivity contribution < 1.29 is 53.1 Å². The minimum absolute atomic E-state index is 0.00402. The van der Waals surface area contributed by atoms with Crippen LogP contribution < -0.4 is 4.90 Å². The molecule has 0 saturated carbocycles. The highest BCUT2D eigenvalue weighted by Crippen LogP contribution is 2.41. The molecule has 0 spiro atoms. The molecule has 0 bridgehead atoms. The number of rotatable bonds is 48. The molecule has 2 atom stereocenters. The summed E-state index contributed by atoms with van der Waals surface area (Å²) in [5.74, 6) is -4.93. The van der Waals surface area contributed by atoms with Gasteiger partial charge in [-0.25, -0.2) is 4.85 Å². The summed E-state index contributed by atoms with van der Waals surface area (Å²) in [6.45, 7) is 17.8. The highest BCUT2D eigenvalue weighted by molar-refractivity contribution is 7.20. The number of esters is 2.